The molecule has 0 heterocycles. The van der Waals surface area contributed by atoms with E-state index in [4.69, 9.17) is 5.73 Å². The first-order chi connectivity index (χ1) is 5.95. The zero-order valence-corrected chi connectivity index (χ0v) is 7.66. The Morgan fingerprint density at radius 2 is 1.85 bits per heavy atom. The summed E-state index contributed by atoms with van der Waals surface area (Å²) in [5, 5.41) is 0. The first kappa shape index (κ1) is 10.0. The lowest BCUT2D eigenvalue weighted by molar-refractivity contribution is 0.0995. The quantitative estimate of drug-likeness (QED) is 0.604. The first-order valence-corrected chi connectivity index (χ1v) is 3.87. The van der Waals surface area contributed by atoms with Crippen molar-refractivity contribution in [2.24, 2.45) is 5.73 Å². The molecule has 0 spiro atoms. The van der Waals surface area contributed by atoms with Crippen molar-refractivity contribution in [1.82, 2.24) is 0 Å². The standard InChI is InChI=1S/C7H3BrF3NO/c8-4-5(10)2(7(12)13)1-3(9)6(4)11/h1H,(H2,12,13). The zero-order valence-electron chi connectivity index (χ0n) is 6.07. The van der Waals surface area contributed by atoms with Gasteiger partial charge in [-0.1, -0.05) is 0 Å². The molecule has 0 aromatic heterocycles. The topological polar surface area (TPSA) is 43.1 Å². The van der Waals surface area contributed by atoms with E-state index in [1.54, 1.807) is 0 Å². The molecular weight excluding hydrogens is 251 g/mol. The molecule has 1 amide bonds. The molecular formula is C7H3BrF3NO. The van der Waals surface area contributed by atoms with E-state index < -0.39 is 33.4 Å². The molecule has 1 rings (SSSR count). The van der Waals surface area contributed by atoms with Crippen LogP contribution in [-0.2, 0) is 0 Å². The monoisotopic (exact) mass is 253 g/mol. The highest BCUT2D eigenvalue weighted by Gasteiger charge is 2.19. The van der Waals surface area contributed by atoms with Crippen LogP contribution in [0.4, 0.5) is 13.2 Å². The fraction of sp³-hybridized carbons (Fsp3) is 0. The smallest absolute Gasteiger partial charge is 0.251 e. The summed E-state index contributed by atoms with van der Waals surface area (Å²) in [6, 6.07) is 0.414. The number of hydrogen-bond donors (Lipinski definition) is 1. The lowest BCUT2D eigenvalue weighted by Gasteiger charge is -2.02. The van der Waals surface area contributed by atoms with E-state index in [0.717, 1.165) is 0 Å². The Morgan fingerprint density at radius 3 is 2.31 bits per heavy atom. The maximum atomic E-state index is 12.9. The van der Waals surface area contributed by atoms with Crippen LogP contribution in [-0.4, -0.2) is 5.91 Å². The summed E-state index contributed by atoms with van der Waals surface area (Å²) in [5.41, 5.74) is 4.02. The summed E-state index contributed by atoms with van der Waals surface area (Å²) >= 11 is 2.45. The van der Waals surface area contributed by atoms with Crippen LogP contribution in [0.3, 0.4) is 0 Å². The van der Waals surface area contributed by atoms with Crippen molar-refractivity contribution in [2.45, 2.75) is 0 Å². The molecule has 0 bridgehead atoms. The number of amides is 1. The summed E-state index contributed by atoms with van der Waals surface area (Å²) in [4.78, 5) is 10.5. The van der Waals surface area contributed by atoms with Crippen molar-refractivity contribution in [3.05, 3.63) is 33.6 Å². The highest BCUT2D eigenvalue weighted by molar-refractivity contribution is 9.10. The van der Waals surface area contributed by atoms with Gasteiger partial charge in [-0.15, -0.1) is 0 Å². The maximum Gasteiger partial charge on any atom is 0.251 e. The van der Waals surface area contributed by atoms with Crippen molar-refractivity contribution in [3.8, 4) is 0 Å². The Labute approximate surface area is 79.7 Å². The molecule has 0 saturated carbocycles. The van der Waals surface area contributed by atoms with Gasteiger partial charge < -0.3 is 5.73 Å². The van der Waals surface area contributed by atoms with Crippen LogP contribution in [0.5, 0.6) is 0 Å². The van der Waals surface area contributed by atoms with E-state index in [-0.39, 0.29) is 0 Å². The van der Waals surface area contributed by atoms with E-state index in [2.05, 4.69) is 15.9 Å². The fourth-order valence-corrected chi connectivity index (χ4v) is 1.16. The van der Waals surface area contributed by atoms with Crippen LogP contribution in [0, 0.1) is 17.5 Å². The van der Waals surface area contributed by atoms with Crippen LogP contribution in [0.1, 0.15) is 10.4 Å². The van der Waals surface area contributed by atoms with Crippen molar-refractivity contribution in [2.75, 3.05) is 0 Å². The predicted octanol–water partition coefficient (Wildman–Crippen LogP) is 1.97. The Bertz CT molecular complexity index is 380. The zero-order chi connectivity index (χ0) is 10.2. The van der Waals surface area contributed by atoms with Gasteiger partial charge in [-0.3, -0.25) is 4.79 Å². The normalized spacial score (nSPS) is 10.2. The SMILES string of the molecule is NC(=O)c1cc(F)c(F)c(Br)c1F. The molecule has 1 aromatic carbocycles. The summed E-state index contributed by atoms with van der Waals surface area (Å²) in [6.45, 7) is 0. The molecule has 0 radical (unpaired) electrons. The van der Waals surface area contributed by atoms with Gasteiger partial charge in [0.25, 0.3) is 5.91 Å². The van der Waals surface area contributed by atoms with Crippen LogP contribution in [0.2, 0.25) is 0 Å². The summed E-state index contributed by atoms with van der Waals surface area (Å²) in [5.74, 6) is -5.08. The second-order valence-corrected chi connectivity index (χ2v) is 3.01. The van der Waals surface area contributed by atoms with Gasteiger partial charge in [0, 0.05) is 0 Å². The summed E-state index contributed by atoms with van der Waals surface area (Å²) in [6.07, 6.45) is 0. The van der Waals surface area contributed by atoms with Crippen LogP contribution < -0.4 is 5.73 Å². The minimum absolute atomic E-state index is 0.414. The molecule has 1 aromatic rings. The Hall–Kier alpha value is -1.04. The maximum absolute atomic E-state index is 12.9. The van der Waals surface area contributed by atoms with Gasteiger partial charge in [-0.25, -0.2) is 13.2 Å². The summed E-state index contributed by atoms with van der Waals surface area (Å²) in [7, 11) is 0. The number of carbonyl (C=O) groups excluding carboxylic acids is 1. The van der Waals surface area contributed by atoms with Crippen LogP contribution in [0.25, 0.3) is 0 Å². The minimum atomic E-state index is -1.39. The Balaban J connectivity index is 3.50. The average Bonchev–Trinajstić information content (AvgIpc) is 2.07. The molecule has 70 valence electrons. The fourth-order valence-electron chi connectivity index (χ4n) is 0.752. The van der Waals surface area contributed by atoms with E-state index in [1.807, 2.05) is 0 Å². The molecule has 6 heteroatoms. The number of halogens is 4. The highest BCUT2D eigenvalue weighted by Crippen LogP contribution is 2.24. The number of benzene rings is 1. The first-order valence-electron chi connectivity index (χ1n) is 3.08. The third kappa shape index (κ3) is 1.67. The number of rotatable bonds is 1. The Kier molecular flexibility index (Phi) is 2.60. The van der Waals surface area contributed by atoms with Crippen molar-refractivity contribution >= 4 is 21.8 Å². The van der Waals surface area contributed by atoms with Crippen LogP contribution >= 0.6 is 15.9 Å². The molecule has 0 saturated heterocycles. The number of primary amides is 1. The molecule has 0 aliphatic carbocycles. The van der Waals surface area contributed by atoms with Gasteiger partial charge in [0.15, 0.2) is 17.5 Å². The number of carbonyl (C=O) groups is 1. The molecule has 0 atom stereocenters. The van der Waals surface area contributed by atoms with Crippen molar-refractivity contribution in [3.63, 3.8) is 0 Å². The predicted molar refractivity (Wildman–Crippen MR) is 42.5 cm³/mol. The van der Waals surface area contributed by atoms with Gasteiger partial charge in [0.2, 0.25) is 0 Å². The second kappa shape index (κ2) is 3.37. The number of nitrogens with two attached hydrogens (primary N) is 1. The second-order valence-electron chi connectivity index (χ2n) is 2.21. The van der Waals surface area contributed by atoms with Gasteiger partial charge in [0.05, 0.1) is 10.0 Å². The minimum Gasteiger partial charge on any atom is -0.366 e. The van der Waals surface area contributed by atoms with Crippen molar-refractivity contribution in [1.29, 1.82) is 0 Å². The average molecular weight is 254 g/mol. The largest absolute Gasteiger partial charge is 0.366 e. The van der Waals surface area contributed by atoms with E-state index in [9.17, 15) is 18.0 Å². The molecule has 0 fully saturated rings. The lowest BCUT2D eigenvalue weighted by atomic mass is 10.2. The van der Waals surface area contributed by atoms with E-state index in [0.29, 0.717) is 6.07 Å². The summed E-state index contributed by atoms with van der Waals surface area (Å²) < 4.78 is 37.4. The molecule has 2 N–H and O–H groups in total. The molecule has 13 heavy (non-hydrogen) atoms. The molecule has 0 aliphatic rings. The molecule has 0 unspecified atom stereocenters. The molecule has 0 aliphatic heterocycles. The van der Waals surface area contributed by atoms with E-state index in [1.165, 1.54) is 0 Å². The van der Waals surface area contributed by atoms with Crippen LogP contribution in [0.15, 0.2) is 10.5 Å². The third-order valence-corrected chi connectivity index (χ3v) is 2.06. The van der Waals surface area contributed by atoms with Gasteiger partial charge in [0.1, 0.15) is 0 Å². The lowest BCUT2D eigenvalue weighted by Crippen LogP contribution is -2.14. The highest BCUT2D eigenvalue weighted by atomic mass is 79.9. The van der Waals surface area contributed by atoms with Crippen molar-refractivity contribution < 1.29 is 18.0 Å². The third-order valence-electron chi connectivity index (χ3n) is 1.37. The van der Waals surface area contributed by atoms with Gasteiger partial charge in [-0.05, 0) is 22.0 Å². The Morgan fingerprint density at radius 1 is 1.31 bits per heavy atom. The van der Waals surface area contributed by atoms with E-state index >= 15 is 0 Å². The van der Waals surface area contributed by atoms with Gasteiger partial charge in [-0.2, -0.15) is 0 Å². The number of hydrogen-bond acceptors (Lipinski definition) is 1. The van der Waals surface area contributed by atoms with Gasteiger partial charge >= 0.3 is 0 Å². The molecule has 2 nitrogen and oxygen atoms in total.